The van der Waals surface area contributed by atoms with Crippen LogP contribution in [0.3, 0.4) is 0 Å². The van der Waals surface area contributed by atoms with Gasteiger partial charge in [-0.15, -0.1) is 0 Å². The number of rotatable bonds is 4. The molecule has 0 aromatic heterocycles. The molecule has 0 bridgehead atoms. The lowest BCUT2D eigenvalue weighted by atomic mass is 10.1. The van der Waals surface area contributed by atoms with Gasteiger partial charge in [0.05, 0.1) is 12.5 Å². The van der Waals surface area contributed by atoms with Crippen LogP contribution in [0, 0.1) is 12.8 Å². The van der Waals surface area contributed by atoms with Crippen molar-refractivity contribution in [2.24, 2.45) is 5.92 Å². The minimum absolute atomic E-state index is 0.0385. The molecule has 1 aliphatic heterocycles. The average Bonchev–Trinajstić information content (AvgIpc) is 2.81. The Morgan fingerprint density at radius 2 is 2.30 bits per heavy atom. The van der Waals surface area contributed by atoms with Crippen molar-refractivity contribution in [3.63, 3.8) is 0 Å². The first-order valence-electron chi connectivity index (χ1n) is 6.51. The zero-order valence-electron chi connectivity index (χ0n) is 11.5. The summed E-state index contributed by atoms with van der Waals surface area (Å²) in [6.45, 7) is 4.55. The first-order chi connectivity index (χ1) is 9.52. The Bertz CT molecular complexity index is 533. The zero-order valence-corrected chi connectivity index (χ0v) is 13.1. The topological polar surface area (TPSA) is 58.6 Å². The van der Waals surface area contributed by atoms with E-state index in [1.807, 2.05) is 25.1 Å². The largest absolute Gasteiger partial charge is 0.312 e. The van der Waals surface area contributed by atoms with E-state index in [4.69, 9.17) is 4.84 Å². The van der Waals surface area contributed by atoms with Gasteiger partial charge in [-0.05, 0) is 37.6 Å². The fourth-order valence-electron chi connectivity index (χ4n) is 2.16. The highest BCUT2D eigenvalue weighted by Crippen LogP contribution is 2.28. The van der Waals surface area contributed by atoms with Gasteiger partial charge in [0.25, 0.3) is 0 Å². The van der Waals surface area contributed by atoms with Gasteiger partial charge in [0.2, 0.25) is 11.8 Å². The summed E-state index contributed by atoms with van der Waals surface area (Å²) in [6.07, 6.45) is 0.216. The molecule has 6 heteroatoms. The molecule has 0 unspecified atom stereocenters. The first kappa shape index (κ1) is 15.0. The number of aryl methyl sites for hydroxylation is 1. The third kappa shape index (κ3) is 3.19. The molecule has 1 fully saturated rings. The van der Waals surface area contributed by atoms with Crippen LogP contribution >= 0.6 is 15.9 Å². The lowest BCUT2D eigenvalue weighted by molar-refractivity contribution is -0.137. The number of hydroxylamine groups is 1. The van der Waals surface area contributed by atoms with Crippen LogP contribution in [0.5, 0.6) is 0 Å². The van der Waals surface area contributed by atoms with Crippen LogP contribution in [0.1, 0.15) is 18.9 Å². The zero-order chi connectivity index (χ0) is 14.7. The molecular weight excluding hydrogens is 324 g/mol. The molecule has 1 aliphatic rings. The molecule has 20 heavy (non-hydrogen) atoms. The Morgan fingerprint density at radius 3 is 2.95 bits per heavy atom. The van der Waals surface area contributed by atoms with E-state index in [-0.39, 0.29) is 24.2 Å². The normalized spacial score (nSPS) is 18.4. The molecule has 1 aromatic carbocycles. The summed E-state index contributed by atoms with van der Waals surface area (Å²) < 4.78 is 0.999. The quantitative estimate of drug-likeness (QED) is 0.854. The van der Waals surface area contributed by atoms with Crippen molar-refractivity contribution in [2.45, 2.75) is 20.3 Å². The molecule has 0 spiro atoms. The van der Waals surface area contributed by atoms with Gasteiger partial charge in [-0.3, -0.25) is 14.4 Å². The van der Waals surface area contributed by atoms with Crippen LogP contribution in [0.4, 0.5) is 5.69 Å². The minimum atomic E-state index is -0.363. The SMILES string of the molecule is CCONC(=O)[C@@H]1CC(=O)N(c2ccc(Br)c(C)c2)C1. The standard InChI is InChI=1S/C14H17BrN2O3/c1-3-20-16-14(19)10-7-13(18)17(8-10)11-4-5-12(15)9(2)6-11/h4-6,10H,3,7-8H2,1-2H3,(H,16,19)/t10-/m1/s1. The van der Waals surface area contributed by atoms with Gasteiger partial charge in [-0.1, -0.05) is 15.9 Å². The molecule has 108 valence electrons. The van der Waals surface area contributed by atoms with E-state index in [2.05, 4.69) is 21.4 Å². The van der Waals surface area contributed by atoms with E-state index in [9.17, 15) is 9.59 Å². The second-order valence-electron chi connectivity index (χ2n) is 4.74. The Balaban J connectivity index is 2.09. The Kier molecular flexibility index (Phi) is 4.77. The van der Waals surface area contributed by atoms with Crippen molar-refractivity contribution in [1.82, 2.24) is 5.48 Å². The summed E-state index contributed by atoms with van der Waals surface area (Å²) in [7, 11) is 0. The highest BCUT2D eigenvalue weighted by atomic mass is 79.9. The van der Waals surface area contributed by atoms with Gasteiger partial charge < -0.3 is 4.90 Å². The van der Waals surface area contributed by atoms with Crippen LogP contribution in [-0.2, 0) is 14.4 Å². The number of carbonyl (C=O) groups is 2. The smallest absolute Gasteiger partial charge is 0.248 e. The Labute approximate surface area is 126 Å². The number of anilines is 1. The van der Waals surface area contributed by atoms with Crippen molar-refractivity contribution in [3.8, 4) is 0 Å². The number of hydrogen-bond acceptors (Lipinski definition) is 3. The molecule has 1 aromatic rings. The third-order valence-corrected chi connectivity index (χ3v) is 4.16. The number of halogens is 1. The van der Waals surface area contributed by atoms with Crippen LogP contribution in [0.2, 0.25) is 0 Å². The highest BCUT2D eigenvalue weighted by molar-refractivity contribution is 9.10. The molecule has 2 rings (SSSR count). The van der Waals surface area contributed by atoms with Crippen LogP contribution in [0.15, 0.2) is 22.7 Å². The predicted molar refractivity (Wildman–Crippen MR) is 79.1 cm³/mol. The number of carbonyl (C=O) groups excluding carboxylic acids is 2. The van der Waals surface area contributed by atoms with E-state index >= 15 is 0 Å². The summed E-state index contributed by atoms with van der Waals surface area (Å²) in [5, 5.41) is 0. The molecule has 0 aliphatic carbocycles. The Morgan fingerprint density at radius 1 is 1.55 bits per heavy atom. The predicted octanol–water partition coefficient (Wildman–Crippen LogP) is 2.18. The van der Waals surface area contributed by atoms with Crippen molar-refractivity contribution in [1.29, 1.82) is 0 Å². The summed E-state index contributed by atoms with van der Waals surface area (Å²) >= 11 is 3.43. The van der Waals surface area contributed by atoms with E-state index in [0.717, 1.165) is 15.7 Å². The molecule has 1 atom stereocenters. The van der Waals surface area contributed by atoms with E-state index in [1.54, 1.807) is 11.8 Å². The summed E-state index contributed by atoms with van der Waals surface area (Å²) in [6, 6.07) is 5.72. The maximum Gasteiger partial charge on any atom is 0.248 e. The van der Waals surface area contributed by atoms with Gasteiger partial charge in [-0.2, -0.15) is 0 Å². The van der Waals surface area contributed by atoms with Crippen molar-refractivity contribution in [3.05, 3.63) is 28.2 Å². The lowest BCUT2D eigenvalue weighted by Crippen LogP contribution is -2.33. The molecule has 2 amide bonds. The molecular formula is C14H17BrN2O3. The van der Waals surface area contributed by atoms with Crippen LogP contribution < -0.4 is 10.4 Å². The fraction of sp³-hybridized carbons (Fsp3) is 0.429. The monoisotopic (exact) mass is 340 g/mol. The summed E-state index contributed by atoms with van der Waals surface area (Å²) in [5.74, 6) is -0.641. The number of nitrogens with one attached hydrogen (secondary N) is 1. The van der Waals surface area contributed by atoms with E-state index in [0.29, 0.717) is 13.2 Å². The number of benzene rings is 1. The molecule has 1 saturated heterocycles. The second-order valence-corrected chi connectivity index (χ2v) is 5.59. The second kappa shape index (κ2) is 6.37. The van der Waals surface area contributed by atoms with Crippen LogP contribution in [-0.4, -0.2) is 25.0 Å². The van der Waals surface area contributed by atoms with Gasteiger partial charge in [-0.25, -0.2) is 5.48 Å². The average molecular weight is 341 g/mol. The summed E-state index contributed by atoms with van der Waals surface area (Å²) in [5.41, 5.74) is 4.24. The molecule has 1 N–H and O–H groups in total. The molecule has 0 radical (unpaired) electrons. The van der Waals surface area contributed by atoms with E-state index < -0.39 is 0 Å². The maximum atomic E-state index is 12.1. The van der Waals surface area contributed by atoms with Crippen molar-refractivity contribution in [2.75, 3.05) is 18.1 Å². The molecule has 0 saturated carbocycles. The van der Waals surface area contributed by atoms with Crippen molar-refractivity contribution < 1.29 is 14.4 Å². The van der Waals surface area contributed by atoms with Crippen LogP contribution in [0.25, 0.3) is 0 Å². The van der Waals surface area contributed by atoms with Gasteiger partial charge >= 0.3 is 0 Å². The fourth-order valence-corrected chi connectivity index (χ4v) is 2.40. The lowest BCUT2D eigenvalue weighted by Gasteiger charge is -2.17. The number of hydrogen-bond donors (Lipinski definition) is 1. The van der Waals surface area contributed by atoms with E-state index in [1.165, 1.54) is 0 Å². The van der Waals surface area contributed by atoms with Gasteiger partial charge in [0, 0.05) is 23.1 Å². The van der Waals surface area contributed by atoms with Gasteiger partial charge in [0.1, 0.15) is 0 Å². The first-order valence-corrected chi connectivity index (χ1v) is 7.30. The molecule has 5 nitrogen and oxygen atoms in total. The third-order valence-electron chi connectivity index (χ3n) is 3.27. The molecule has 1 heterocycles. The van der Waals surface area contributed by atoms with Crippen molar-refractivity contribution >= 4 is 33.4 Å². The van der Waals surface area contributed by atoms with Gasteiger partial charge in [0.15, 0.2) is 0 Å². The highest BCUT2D eigenvalue weighted by Gasteiger charge is 2.35. The minimum Gasteiger partial charge on any atom is -0.312 e. The maximum absolute atomic E-state index is 12.1. The number of amides is 2. The Hall–Kier alpha value is -1.40. The number of nitrogens with zero attached hydrogens (tertiary/aromatic N) is 1. The summed E-state index contributed by atoms with van der Waals surface area (Å²) in [4.78, 5) is 30.4.